The smallest absolute Gasteiger partial charge is 0.418 e. The van der Waals surface area contributed by atoms with Crippen LogP contribution in [0.5, 0.6) is 0 Å². The number of anilines is 1. The van der Waals surface area contributed by atoms with Gasteiger partial charge in [-0.05, 0) is 18.2 Å². The Bertz CT molecular complexity index is 479. The number of halogens is 2. The SMILES string of the molecule is O=C(Nc1ccc(Cl)c(Cl)c1)N1CCOC1=O. The van der Waals surface area contributed by atoms with Crippen molar-refractivity contribution in [2.45, 2.75) is 0 Å². The van der Waals surface area contributed by atoms with Crippen LogP contribution in [0.25, 0.3) is 0 Å². The van der Waals surface area contributed by atoms with Gasteiger partial charge in [-0.3, -0.25) is 0 Å². The second kappa shape index (κ2) is 4.81. The van der Waals surface area contributed by atoms with E-state index < -0.39 is 12.1 Å². The van der Waals surface area contributed by atoms with Gasteiger partial charge < -0.3 is 10.1 Å². The summed E-state index contributed by atoms with van der Waals surface area (Å²) in [4.78, 5) is 23.8. The number of benzene rings is 1. The minimum Gasteiger partial charge on any atom is -0.447 e. The standard InChI is InChI=1S/C10H8Cl2N2O3/c11-7-2-1-6(5-8(7)12)13-9(15)14-3-4-17-10(14)16/h1-2,5H,3-4H2,(H,13,15). The van der Waals surface area contributed by atoms with Crippen molar-refractivity contribution < 1.29 is 14.3 Å². The number of imide groups is 1. The van der Waals surface area contributed by atoms with Crippen LogP contribution in [-0.2, 0) is 4.74 Å². The van der Waals surface area contributed by atoms with Crippen LogP contribution < -0.4 is 5.32 Å². The number of amides is 3. The highest BCUT2D eigenvalue weighted by atomic mass is 35.5. The summed E-state index contributed by atoms with van der Waals surface area (Å²) in [6.07, 6.45) is -0.650. The Balaban J connectivity index is 2.07. The van der Waals surface area contributed by atoms with E-state index in [2.05, 4.69) is 10.1 Å². The summed E-state index contributed by atoms with van der Waals surface area (Å²) in [5.74, 6) is 0. The molecule has 1 heterocycles. The zero-order valence-corrected chi connectivity index (χ0v) is 10.1. The van der Waals surface area contributed by atoms with Gasteiger partial charge in [-0.1, -0.05) is 23.2 Å². The van der Waals surface area contributed by atoms with Crippen LogP contribution in [-0.4, -0.2) is 30.2 Å². The van der Waals surface area contributed by atoms with Crippen molar-refractivity contribution in [1.82, 2.24) is 4.90 Å². The largest absolute Gasteiger partial charge is 0.447 e. The second-order valence-corrected chi connectivity index (χ2v) is 4.14. The zero-order chi connectivity index (χ0) is 12.4. The summed E-state index contributed by atoms with van der Waals surface area (Å²) in [5, 5.41) is 3.25. The number of hydrogen-bond acceptors (Lipinski definition) is 3. The fraction of sp³-hybridized carbons (Fsp3) is 0.200. The molecule has 1 saturated heterocycles. The molecule has 1 aromatic rings. The van der Waals surface area contributed by atoms with Gasteiger partial charge in [0.15, 0.2) is 0 Å². The van der Waals surface area contributed by atoms with E-state index in [1.165, 1.54) is 6.07 Å². The molecule has 1 aliphatic heterocycles. The van der Waals surface area contributed by atoms with E-state index in [-0.39, 0.29) is 13.2 Å². The van der Waals surface area contributed by atoms with Crippen molar-refractivity contribution in [1.29, 1.82) is 0 Å². The molecular weight excluding hydrogens is 267 g/mol. The maximum absolute atomic E-state index is 11.7. The summed E-state index contributed by atoms with van der Waals surface area (Å²) in [6.45, 7) is 0.458. The zero-order valence-electron chi connectivity index (χ0n) is 8.57. The number of ether oxygens (including phenoxy) is 1. The Morgan fingerprint density at radius 3 is 2.71 bits per heavy atom. The number of rotatable bonds is 1. The van der Waals surface area contributed by atoms with Crippen LogP contribution in [0.4, 0.5) is 15.3 Å². The van der Waals surface area contributed by atoms with E-state index in [1.807, 2.05) is 0 Å². The van der Waals surface area contributed by atoms with Crippen molar-refractivity contribution in [3.05, 3.63) is 28.2 Å². The van der Waals surface area contributed by atoms with Gasteiger partial charge in [-0.15, -0.1) is 0 Å². The lowest BCUT2D eigenvalue weighted by Crippen LogP contribution is -2.35. The first-order valence-corrected chi connectivity index (χ1v) is 5.54. The third-order valence-corrected chi connectivity index (χ3v) is 2.92. The molecule has 0 bridgehead atoms. The molecule has 0 spiro atoms. The summed E-state index contributed by atoms with van der Waals surface area (Å²) >= 11 is 11.5. The monoisotopic (exact) mass is 274 g/mol. The molecule has 3 amide bonds. The van der Waals surface area contributed by atoms with Gasteiger partial charge in [0.1, 0.15) is 6.61 Å². The van der Waals surface area contributed by atoms with Gasteiger partial charge in [0.05, 0.1) is 16.6 Å². The molecule has 0 aliphatic carbocycles. The lowest BCUT2D eigenvalue weighted by Gasteiger charge is -2.12. The van der Waals surface area contributed by atoms with Crippen molar-refractivity contribution in [2.24, 2.45) is 0 Å². The van der Waals surface area contributed by atoms with Crippen LogP contribution in [0.3, 0.4) is 0 Å². The van der Waals surface area contributed by atoms with E-state index in [0.29, 0.717) is 15.7 Å². The molecule has 17 heavy (non-hydrogen) atoms. The van der Waals surface area contributed by atoms with Crippen LogP contribution in [0.15, 0.2) is 18.2 Å². The Morgan fingerprint density at radius 1 is 1.35 bits per heavy atom. The molecule has 0 aromatic heterocycles. The van der Waals surface area contributed by atoms with Gasteiger partial charge in [-0.25, -0.2) is 14.5 Å². The minimum atomic E-state index is -0.650. The quantitative estimate of drug-likeness (QED) is 0.857. The molecule has 0 atom stereocenters. The third kappa shape index (κ3) is 2.62. The summed E-state index contributed by atoms with van der Waals surface area (Å²) < 4.78 is 4.65. The van der Waals surface area contributed by atoms with Crippen LogP contribution in [0.2, 0.25) is 10.0 Å². The Labute approximate surface area is 107 Å². The molecule has 2 rings (SSSR count). The van der Waals surface area contributed by atoms with Gasteiger partial charge in [0.25, 0.3) is 0 Å². The van der Waals surface area contributed by atoms with Crippen LogP contribution in [0, 0.1) is 0 Å². The van der Waals surface area contributed by atoms with Gasteiger partial charge in [-0.2, -0.15) is 0 Å². The first-order valence-electron chi connectivity index (χ1n) is 4.78. The third-order valence-electron chi connectivity index (χ3n) is 2.18. The Hall–Kier alpha value is -1.46. The van der Waals surface area contributed by atoms with E-state index >= 15 is 0 Å². The maximum atomic E-state index is 11.7. The lowest BCUT2D eigenvalue weighted by atomic mass is 10.3. The Morgan fingerprint density at radius 2 is 2.12 bits per heavy atom. The number of nitrogens with one attached hydrogen (secondary N) is 1. The van der Waals surface area contributed by atoms with Crippen molar-refractivity contribution >= 4 is 41.0 Å². The van der Waals surface area contributed by atoms with Crippen molar-refractivity contribution in [3.63, 3.8) is 0 Å². The molecule has 7 heteroatoms. The highest BCUT2D eigenvalue weighted by molar-refractivity contribution is 6.42. The fourth-order valence-electron chi connectivity index (χ4n) is 1.34. The van der Waals surface area contributed by atoms with E-state index in [4.69, 9.17) is 23.2 Å². The molecule has 0 unspecified atom stereocenters. The van der Waals surface area contributed by atoms with Crippen LogP contribution in [0.1, 0.15) is 0 Å². The first-order chi connectivity index (χ1) is 8.08. The van der Waals surface area contributed by atoms with E-state index in [0.717, 1.165) is 4.90 Å². The van der Waals surface area contributed by atoms with Crippen molar-refractivity contribution in [3.8, 4) is 0 Å². The number of carbonyl (C=O) groups excluding carboxylic acids is 2. The van der Waals surface area contributed by atoms with E-state index in [1.54, 1.807) is 12.1 Å². The Kier molecular flexibility index (Phi) is 3.40. The molecule has 90 valence electrons. The molecule has 0 saturated carbocycles. The number of hydrogen-bond donors (Lipinski definition) is 1. The van der Waals surface area contributed by atoms with Gasteiger partial charge in [0, 0.05) is 5.69 Å². The second-order valence-electron chi connectivity index (χ2n) is 3.33. The van der Waals surface area contributed by atoms with E-state index in [9.17, 15) is 9.59 Å². The number of nitrogens with zero attached hydrogens (tertiary/aromatic N) is 1. The average Bonchev–Trinajstić information content (AvgIpc) is 2.70. The first kappa shape index (κ1) is 12.0. The minimum absolute atomic E-state index is 0.216. The predicted molar refractivity (Wildman–Crippen MR) is 63.5 cm³/mol. The summed E-state index contributed by atoms with van der Waals surface area (Å²) in [5.41, 5.74) is 0.462. The average molecular weight is 275 g/mol. The highest BCUT2D eigenvalue weighted by Crippen LogP contribution is 2.25. The molecule has 1 N–H and O–H groups in total. The van der Waals surface area contributed by atoms with Gasteiger partial charge >= 0.3 is 12.1 Å². The summed E-state index contributed by atoms with van der Waals surface area (Å²) in [6, 6.07) is 4.10. The normalized spacial score (nSPS) is 14.7. The molecule has 5 nitrogen and oxygen atoms in total. The van der Waals surface area contributed by atoms with Gasteiger partial charge in [0.2, 0.25) is 0 Å². The fourth-order valence-corrected chi connectivity index (χ4v) is 1.64. The molecule has 1 fully saturated rings. The maximum Gasteiger partial charge on any atom is 0.418 e. The van der Waals surface area contributed by atoms with Crippen molar-refractivity contribution in [2.75, 3.05) is 18.5 Å². The van der Waals surface area contributed by atoms with Crippen LogP contribution >= 0.6 is 23.2 Å². The number of urea groups is 1. The lowest BCUT2D eigenvalue weighted by molar-refractivity contribution is 0.161. The molecule has 1 aliphatic rings. The molecular formula is C10H8Cl2N2O3. The highest BCUT2D eigenvalue weighted by Gasteiger charge is 2.28. The molecule has 0 radical (unpaired) electrons. The number of carbonyl (C=O) groups is 2. The summed E-state index contributed by atoms with van der Waals surface area (Å²) in [7, 11) is 0. The number of cyclic esters (lactones) is 1. The molecule has 1 aromatic carbocycles. The topological polar surface area (TPSA) is 58.6 Å². The predicted octanol–water partition coefficient (Wildman–Crippen LogP) is 2.98.